The van der Waals surface area contributed by atoms with Gasteiger partial charge >= 0.3 is 8.80 Å². The zero-order valence-electron chi connectivity index (χ0n) is 14.8. The Morgan fingerprint density at radius 3 is 1.52 bits per heavy atom. The topological polar surface area (TPSA) is 34.2 Å². The summed E-state index contributed by atoms with van der Waals surface area (Å²) in [6.45, 7) is 19.8. The smallest absolute Gasteiger partial charge is 0.373 e. The molecule has 1 fully saturated rings. The molecule has 0 amide bonds. The molecule has 1 aliphatic rings. The number of hydrogen-bond acceptors (Lipinski definition) is 5. The summed E-state index contributed by atoms with van der Waals surface area (Å²) in [5, 5.41) is 0. The lowest BCUT2D eigenvalue weighted by Crippen LogP contribution is -2.61. The molecule has 0 spiro atoms. The van der Waals surface area contributed by atoms with Gasteiger partial charge in [0.2, 0.25) is 0 Å². The van der Waals surface area contributed by atoms with E-state index in [2.05, 4.69) is 29.1 Å². The molecule has 0 atom stereocenters. The van der Waals surface area contributed by atoms with E-state index in [0.29, 0.717) is 19.8 Å². The van der Waals surface area contributed by atoms with Gasteiger partial charge in [0.15, 0.2) is 0 Å². The molecular formula is C14H34N2O3Si2. The Morgan fingerprint density at radius 2 is 1.19 bits per heavy atom. The summed E-state index contributed by atoms with van der Waals surface area (Å²) in [7, 11) is -3.70. The van der Waals surface area contributed by atoms with Crippen molar-refractivity contribution in [3.63, 3.8) is 0 Å². The van der Waals surface area contributed by atoms with Gasteiger partial charge in [0, 0.05) is 46.0 Å². The highest BCUT2D eigenvalue weighted by molar-refractivity contribution is 6.73. The molecule has 0 N–H and O–H groups in total. The average Bonchev–Trinajstić information content (AvgIpc) is 2.39. The van der Waals surface area contributed by atoms with Crippen molar-refractivity contribution in [1.29, 1.82) is 0 Å². The van der Waals surface area contributed by atoms with E-state index in [4.69, 9.17) is 13.3 Å². The second-order valence-electron chi connectivity index (χ2n) is 6.42. The van der Waals surface area contributed by atoms with Crippen molar-refractivity contribution in [2.45, 2.75) is 40.4 Å². The molecular weight excluding hydrogens is 300 g/mol. The van der Waals surface area contributed by atoms with E-state index in [1.807, 2.05) is 20.8 Å². The SMILES string of the molecule is CCO[Si](CN1CCN([Si](C)(C)C)CC1)(OCC)OCC. The fourth-order valence-electron chi connectivity index (χ4n) is 2.77. The highest BCUT2D eigenvalue weighted by Crippen LogP contribution is 2.17. The monoisotopic (exact) mass is 334 g/mol. The van der Waals surface area contributed by atoms with E-state index in [1.54, 1.807) is 0 Å². The van der Waals surface area contributed by atoms with Crippen LogP contribution in [0.2, 0.25) is 19.6 Å². The van der Waals surface area contributed by atoms with Crippen LogP contribution in [0.1, 0.15) is 20.8 Å². The summed E-state index contributed by atoms with van der Waals surface area (Å²) >= 11 is 0. The summed E-state index contributed by atoms with van der Waals surface area (Å²) < 4.78 is 20.5. The number of rotatable bonds is 9. The van der Waals surface area contributed by atoms with Gasteiger partial charge in [-0.3, -0.25) is 4.90 Å². The second kappa shape index (κ2) is 8.76. The van der Waals surface area contributed by atoms with Gasteiger partial charge in [-0.25, -0.2) is 0 Å². The lowest BCUT2D eigenvalue weighted by Gasteiger charge is -2.43. The van der Waals surface area contributed by atoms with Gasteiger partial charge in [0.25, 0.3) is 0 Å². The predicted octanol–water partition coefficient (Wildman–Crippen LogP) is 2.03. The average molecular weight is 335 g/mol. The van der Waals surface area contributed by atoms with Crippen molar-refractivity contribution in [3.05, 3.63) is 0 Å². The molecule has 0 aromatic heterocycles. The third-order valence-electron chi connectivity index (χ3n) is 3.83. The highest BCUT2D eigenvalue weighted by Gasteiger charge is 2.43. The molecule has 7 heteroatoms. The summed E-state index contributed by atoms with van der Waals surface area (Å²) in [6.07, 6.45) is 0.821. The molecule has 1 rings (SSSR count). The molecule has 0 aliphatic carbocycles. The minimum Gasteiger partial charge on any atom is -0.373 e. The summed E-state index contributed by atoms with van der Waals surface area (Å²) in [5.41, 5.74) is 0. The quantitative estimate of drug-likeness (QED) is 0.603. The van der Waals surface area contributed by atoms with Crippen molar-refractivity contribution in [2.75, 3.05) is 52.2 Å². The van der Waals surface area contributed by atoms with Crippen molar-refractivity contribution >= 4 is 17.0 Å². The normalized spacial score (nSPS) is 19.1. The van der Waals surface area contributed by atoms with E-state index < -0.39 is 17.0 Å². The summed E-state index contributed by atoms with van der Waals surface area (Å²) in [6, 6.07) is 0. The lowest BCUT2D eigenvalue weighted by atomic mass is 10.4. The molecule has 0 aromatic carbocycles. The van der Waals surface area contributed by atoms with E-state index in [1.165, 1.54) is 0 Å². The van der Waals surface area contributed by atoms with Gasteiger partial charge in [-0.15, -0.1) is 0 Å². The lowest BCUT2D eigenvalue weighted by molar-refractivity contribution is 0.0518. The Kier molecular flexibility index (Phi) is 8.04. The minimum absolute atomic E-state index is 0.654. The first-order valence-corrected chi connectivity index (χ1v) is 13.6. The van der Waals surface area contributed by atoms with Crippen molar-refractivity contribution < 1.29 is 13.3 Å². The molecule has 0 unspecified atom stereocenters. The van der Waals surface area contributed by atoms with Crippen molar-refractivity contribution in [2.24, 2.45) is 0 Å². The van der Waals surface area contributed by atoms with E-state index in [0.717, 1.165) is 32.3 Å². The molecule has 1 saturated heterocycles. The van der Waals surface area contributed by atoms with Gasteiger partial charge in [0.05, 0.1) is 6.17 Å². The molecule has 0 aromatic rings. The molecule has 0 bridgehead atoms. The van der Waals surface area contributed by atoms with E-state index in [-0.39, 0.29) is 0 Å². The Morgan fingerprint density at radius 1 is 0.762 bits per heavy atom. The van der Waals surface area contributed by atoms with Crippen LogP contribution in [-0.4, -0.2) is 78.7 Å². The second-order valence-corrected chi connectivity index (χ2v) is 13.9. The first-order valence-electron chi connectivity index (χ1n) is 8.26. The van der Waals surface area contributed by atoms with Crippen LogP contribution in [0.25, 0.3) is 0 Å². The maximum Gasteiger partial charge on any atom is 0.515 e. The van der Waals surface area contributed by atoms with Crippen LogP contribution in [0.5, 0.6) is 0 Å². The largest absolute Gasteiger partial charge is 0.515 e. The van der Waals surface area contributed by atoms with E-state index in [9.17, 15) is 0 Å². The van der Waals surface area contributed by atoms with Gasteiger partial charge in [-0.2, -0.15) is 0 Å². The highest BCUT2D eigenvalue weighted by atomic mass is 28.4. The number of piperazine rings is 1. The fraction of sp³-hybridized carbons (Fsp3) is 1.00. The first kappa shape index (κ1) is 19.3. The first-order chi connectivity index (χ1) is 9.87. The minimum atomic E-state index is -2.53. The maximum absolute atomic E-state index is 5.96. The molecule has 126 valence electrons. The van der Waals surface area contributed by atoms with Crippen LogP contribution in [-0.2, 0) is 13.3 Å². The third kappa shape index (κ3) is 6.09. The Hall–Kier alpha value is 0.234. The van der Waals surface area contributed by atoms with Crippen LogP contribution in [0, 0.1) is 0 Å². The Bertz CT molecular complexity index is 275. The Balaban J connectivity index is 2.60. The van der Waals surface area contributed by atoms with Crippen LogP contribution < -0.4 is 0 Å². The molecule has 0 saturated carbocycles. The Labute approximate surface area is 133 Å². The number of nitrogens with zero attached hydrogens (tertiary/aromatic N) is 2. The third-order valence-corrected chi connectivity index (χ3v) is 9.20. The van der Waals surface area contributed by atoms with Crippen molar-refractivity contribution in [3.8, 4) is 0 Å². The van der Waals surface area contributed by atoms with Crippen molar-refractivity contribution in [1.82, 2.24) is 9.47 Å². The van der Waals surface area contributed by atoms with Crippen LogP contribution in [0.4, 0.5) is 0 Å². The zero-order valence-corrected chi connectivity index (χ0v) is 16.8. The molecule has 1 aliphatic heterocycles. The maximum atomic E-state index is 5.96. The molecule has 0 radical (unpaired) electrons. The zero-order chi connectivity index (χ0) is 15.9. The standard InChI is InChI=1S/C14H34N2O3Si2/c1-7-17-21(18-8-2,19-9-3)14-15-10-12-16(13-11-15)20(4,5)6/h7-14H2,1-6H3. The van der Waals surface area contributed by atoms with E-state index >= 15 is 0 Å². The van der Waals surface area contributed by atoms with Crippen LogP contribution >= 0.6 is 0 Å². The molecule has 21 heavy (non-hydrogen) atoms. The fourth-order valence-corrected chi connectivity index (χ4v) is 7.02. The summed E-state index contributed by atoms with van der Waals surface area (Å²) in [5.74, 6) is 0. The van der Waals surface area contributed by atoms with Crippen LogP contribution in [0.15, 0.2) is 0 Å². The summed E-state index contributed by atoms with van der Waals surface area (Å²) in [4.78, 5) is 2.46. The van der Waals surface area contributed by atoms with Gasteiger partial charge in [-0.05, 0) is 20.8 Å². The van der Waals surface area contributed by atoms with Gasteiger partial charge in [-0.1, -0.05) is 19.6 Å². The van der Waals surface area contributed by atoms with Crippen LogP contribution in [0.3, 0.4) is 0 Å². The van der Waals surface area contributed by atoms with Gasteiger partial charge in [0.1, 0.15) is 8.24 Å². The predicted molar refractivity (Wildman–Crippen MR) is 92.0 cm³/mol. The van der Waals surface area contributed by atoms with Gasteiger partial charge < -0.3 is 17.8 Å². The molecule has 5 nitrogen and oxygen atoms in total. The molecule has 1 heterocycles. The number of hydrogen-bond donors (Lipinski definition) is 0.